The van der Waals surface area contributed by atoms with Crippen molar-refractivity contribution in [3.63, 3.8) is 0 Å². The van der Waals surface area contributed by atoms with Gasteiger partial charge in [0.25, 0.3) is 0 Å². The second-order valence-electron chi connectivity index (χ2n) is 3.27. The third-order valence-electron chi connectivity index (χ3n) is 2.37. The van der Waals surface area contributed by atoms with Crippen LogP contribution in [0.25, 0.3) is 0 Å². The Balaban J connectivity index is 2.34. The molecule has 1 aromatic rings. The predicted octanol–water partition coefficient (Wildman–Crippen LogP) is 2.34. The second-order valence-corrected chi connectivity index (χ2v) is 3.27. The summed E-state index contributed by atoms with van der Waals surface area (Å²) in [5.74, 6) is -0.137. The van der Waals surface area contributed by atoms with Crippen LogP contribution in [0.5, 0.6) is 0 Å². The number of halogens is 1. The van der Waals surface area contributed by atoms with E-state index in [-0.39, 0.29) is 5.82 Å². The Morgan fingerprint density at radius 3 is 2.67 bits per heavy atom. The molecule has 0 radical (unpaired) electrons. The first-order valence-corrected chi connectivity index (χ1v) is 4.28. The van der Waals surface area contributed by atoms with E-state index in [1.165, 1.54) is 12.5 Å². The van der Waals surface area contributed by atoms with E-state index >= 15 is 0 Å². The zero-order valence-electron chi connectivity index (χ0n) is 7.18. The van der Waals surface area contributed by atoms with Gasteiger partial charge in [-0.3, -0.25) is 0 Å². The molecule has 12 heavy (non-hydrogen) atoms. The van der Waals surface area contributed by atoms with Gasteiger partial charge in [-0.1, -0.05) is 6.07 Å². The van der Waals surface area contributed by atoms with E-state index in [0.717, 1.165) is 24.3 Å². The van der Waals surface area contributed by atoms with Crippen LogP contribution >= 0.6 is 0 Å². The maximum atomic E-state index is 12.8. The molecule has 0 aromatic heterocycles. The molecule has 1 aliphatic heterocycles. The SMILES string of the molecule is Cc1ccc(F)cc1N1CCC1. The quantitative estimate of drug-likeness (QED) is 0.617. The van der Waals surface area contributed by atoms with Crippen molar-refractivity contribution < 1.29 is 4.39 Å². The van der Waals surface area contributed by atoms with Gasteiger partial charge in [-0.15, -0.1) is 0 Å². The van der Waals surface area contributed by atoms with E-state index in [1.807, 2.05) is 13.0 Å². The van der Waals surface area contributed by atoms with Crippen molar-refractivity contribution in [1.82, 2.24) is 0 Å². The monoisotopic (exact) mass is 165 g/mol. The van der Waals surface area contributed by atoms with Gasteiger partial charge in [0.2, 0.25) is 0 Å². The Hall–Kier alpha value is -1.05. The molecule has 0 bridgehead atoms. The Kier molecular flexibility index (Phi) is 1.75. The Bertz CT molecular complexity index is 292. The molecule has 1 fully saturated rings. The van der Waals surface area contributed by atoms with Crippen LogP contribution in [-0.2, 0) is 0 Å². The third-order valence-corrected chi connectivity index (χ3v) is 2.37. The van der Waals surface area contributed by atoms with Crippen molar-refractivity contribution in [3.8, 4) is 0 Å². The molecule has 1 nitrogen and oxygen atoms in total. The lowest BCUT2D eigenvalue weighted by Gasteiger charge is -2.34. The van der Waals surface area contributed by atoms with Gasteiger partial charge >= 0.3 is 0 Å². The van der Waals surface area contributed by atoms with E-state index in [1.54, 1.807) is 6.07 Å². The minimum Gasteiger partial charge on any atom is -0.371 e. The molecule has 2 rings (SSSR count). The molecule has 0 amide bonds. The summed E-state index contributed by atoms with van der Waals surface area (Å²) in [6, 6.07) is 4.97. The number of rotatable bonds is 1. The van der Waals surface area contributed by atoms with Crippen LogP contribution < -0.4 is 4.90 Å². The van der Waals surface area contributed by atoms with Crippen molar-refractivity contribution in [2.45, 2.75) is 13.3 Å². The van der Waals surface area contributed by atoms with Crippen molar-refractivity contribution in [3.05, 3.63) is 29.6 Å². The normalized spacial score (nSPS) is 16.0. The number of aryl methyl sites for hydroxylation is 1. The van der Waals surface area contributed by atoms with Crippen LogP contribution in [-0.4, -0.2) is 13.1 Å². The summed E-state index contributed by atoms with van der Waals surface area (Å²) >= 11 is 0. The summed E-state index contributed by atoms with van der Waals surface area (Å²) in [7, 11) is 0. The van der Waals surface area contributed by atoms with Crippen LogP contribution in [0.15, 0.2) is 18.2 Å². The van der Waals surface area contributed by atoms with Gasteiger partial charge in [0, 0.05) is 18.8 Å². The second kappa shape index (κ2) is 2.77. The van der Waals surface area contributed by atoms with Crippen molar-refractivity contribution in [2.75, 3.05) is 18.0 Å². The first kappa shape index (κ1) is 7.59. The van der Waals surface area contributed by atoms with Crippen LogP contribution in [0.2, 0.25) is 0 Å². The fourth-order valence-corrected chi connectivity index (χ4v) is 1.48. The first-order valence-electron chi connectivity index (χ1n) is 4.28. The average Bonchev–Trinajstić information content (AvgIpc) is 1.93. The van der Waals surface area contributed by atoms with Crippen LogP contribution in [0, 0.1) is 12.7 Å². The summed E-state index contributed by atoms with van der Waals surface area (Å²) in [6.45, 7) is 4.17. The largest absolute Gasteiger partial charge is 0.371 e. The molecule has 0 N–H and O–H groups in total. The van der Waals surface area contributed by atoms with Crippen LogP contribution in [0.3, 0.4) is 0 Å². The summed E-state index contributed by atoms with van der Waals surface area (Å²) in [5.41, 5.74) is 2.22. The van der Waals surface area contributed by atoms with E-state index in [0.29, 0.717) is 0 Å². The molecular formula is C10H12FN. The first-order chi connectivity index (χ1) is 5.77. The minimum absolute atomic E-state index is 0.137. The zero-order chi connectivity index (χ0) is 8.55. The van der Waals surface area contributed by atoms with E-state index in [2.05, 4.69) is 4.90 Å². The molecule has 0 aliphatic carbocycles. The standard InChI is InChI=1S/C10H12FN/c1-8-3-4-9(11)7-10(8)12-5-2-6-12/h3-4,7H,2,5-6H2,1H3. The minimum atomic E-state index is -0.137. The van der Waals surface area contributed by atoms with Gasteiger partial charge in [-0.2, -0.15) is 0 Å². The van der Waals surface area contributed by atoms with Crippen molar-refractivity contribution in [1.29, 1.82) is 0 Å². The van der Waals surface area contributed by atoms with E-state index in [4.69, 9.17) is 0 Å². The molecule has 2 heteroatoms. The van der Waals surface area contributed by atoms with Crippen molar-refractivity contribution in [2.24, 2.45) is 0 Å². The number of anilines is 1. The molecule has 1 heterocycles. The summed E-state index contributed by atoms with van der Waals surface area (Å²) < 4.78 is 12.8. The molecule has 0 atom stereocenters. The number of hydrogen-bond acceptors (Lipinski definition) is 1. The number of hydrogen-bond donors (Lipinski definition) is 0. The third kappa shape index (κ3) is 1.17. The van der Waals surface area contributed by atoms with Gasteiger partial charge in [-0.25, -0.2) is 4.39 Å². The van der Waals surface area contributed by atoms with Gasteiger partial charge in [0.05, 0.1) is 0 Å². The smallest absolute Gasteiger partial charge is 0.125 e. The van der Waals surface area contributed by atoms with Gasteiger partial charge < -0.3 is 4.90 Å². The molecule has 0 spiro atoms. The highest BCUT2D eigenvalue weighted by Gasteiger charge is 2.16. The highest BCUT2D eigenvalue weighted by molar-refractivity contribution is 5.54. The number of benzene rings is 1. The molecular weight excluding hydrogens is 153 g/mol. The van der Waals surface area contributed by atoms with E-state index < -0.39 is 0 Å². The maximum absolute atomic E-state index is 12.8. The molecule has 1 saturated heterocycles. The predicted molar refractivity (Wildman–Crippen MR) is 48.0 cm³/mol. The molecule has 0 unspecified atom stereocenters. The molecule has 64 valence electrons. The van der Waals surface area contributed by atoms with Gasteiger partial charge in [0.15, 0.2) is 0 Å². The highest BCUT2D eigenvalue weighted by atomic mass is 19.1. The lowest BCUT2D eigenvalue weighted by Crippen LogP contribution is -2.37. The molecule has 0 saturated carbocycles. The highest BCUT2D eigenvalue weighted by Crippen LogP contribution is 2.25. The van der Waals surface area contributed by atoms with Gasteiger partial charge in [-0.05, 0) is 31.0 Å². The fraction of sp³-hybridized carbons (Fsp3) is 0.400. The van der Waals surface area contributed by atoms with Crippen LogP contribution in [0.1, 0.15) is 12.0 Å². The molecule has 1 aliphatic rings. The van der Waals surface area contributed by atoms with Crippen molar-refractivity contribution >= 4 is 5.69 Å². The summed E-state index contributed by atoms with van der Waals surface area (Å²) in [5, 5.41) is 0. The summed E-state index contributed by atoms with van der Waals surface area (Å²) in [4.78, 5) is 2.21. The van der Waals surface area contributed by atoms with E-state index in [9.17, 15) is 4.39 Å². The maximum Gasteiger partial charge on any atom is 0.125 e. The molecule has 1 aromatic carbocycles. The number of nitrogens with zero attached hydrogens (tertiary/aromatic N) is 1. The Morgan fingerprint density at radius 1 is 1.33 bits per heavy atom. The topological polar surface area (TPSA) is 3.24 Å². The fourth-order valence-electron chi connectivity index (χ4n) is 1.48. The van der Waals surface area contributed by atoms with Crippen LogP contribution in [0.4, 0.5) is 10.1 Å². The zero-order valence-corrected chi connectivity index (χ0v) is 7.18. The Labute approximate surface area is 71.8 Å². The Morgan fingerprint density at radius 2 is 2.08 bits per heavy atom. The van der Waals surface area contributed by atoms with Gasteiger partial charge in [0.1, 0.15) is 5.82 Å². The summed E-state index contributed by atoms with van der Waals surface area (Å²) in [6.07, 6.45) is 1.23. The lowest BCUT2D eigenvalue weighted by atomic mass is 10.1. The average molecular weight is 165 g/mol. The lowest BCUT2D eigenvalue weighted by molar-refractivity contribution is 0.601.